The van der Waals surface area contributed by atoms with Crippen molar-refractivity contribution < 1.29 is 0 Å². The number of hydrogen-bond acceptors (Lipinski definition) is 2. The lowest BCUT2D eigenvalue weighted by Crippen LogP contribution is -2.51. The van der Waals surface area contributed by atoms with Crippen molar-refractivity contribution in [1.29, 1.82) is 0 Å². The predicted molar refractivity (Wildman–Crippen MR) is 80.1 cm³/mol. The van der Waals surface area contributed by atoms with Gasteiger partial charge in [0, 0.05) is 18.6 Å². The van der Waals surface area contributed by atoms with Gasteiger partial charge in [0.15, 0.2) is 0 Å². The van der Waals surface area contributed by atoms with Gasteiger partial charge < -0.3 is 5.73 Å². The molecule has 2 N–H and O–H groups in total. The SMILES string of the molecule is CC1(C)CCCN(C2CCc3ccccc3C2N)C1. The highest BCUT2D eigenvalue weighted by Crippen LogP contribution is 2.36. The molecule has 19 heavy (non-hydrogen) atoms. The monoisotopic (exact) mass is 258 g/mol. The molecule has 104 valence electrons. The van der Waals surface area contributed by atoms with Crippen molar-refractivity contribution in [1.82, 2.24) is 4.90 Å². The predicted octanol–water partition coefficient (Wildman–Crippen LogP) is 3.12. The first-order chi connectivity index (χ1) is 9.07. The molecule has 2 aliphatic rings. The van der Waals surface area contributed by atoms with E-state index in [9.17, 15) is 0 Å². The molecule has 1 aliphatic heterocycles. The van der Waals surface area contributed by atoms with Crippen LogP contribution in [0.2, 0.25) is 0 Å². The van der Waals surface area contributed by atoms with Crippen molar-refractivity contribution in [3.63, 3.8) is 0 Å². The second-order valence-corrected chi connectivity index (χ2v) is 7.07. The number of nitrogens with zero attached hydrogens (tertiary/aromatic N) is 1. The number of likely N-dealkylation sites (tertiary alicyclic amines) is 1. The molecule has 2 nitrogen and oxygen atoms in total. The largest absolute Gasteiger partial charge is 0.323 e. The third-order valence-corrected chi connectivity index (χ3v) is 4.94. The second-order valence-electron chi connectivity index (χ2n) is 7.07. The number of aryl methyl sites for hydroxylation is 1. The van der Waals surface area contributed by atoms with E-state index in [1.165, 1.54) is 49.9 Å². The molecule has 3 rings (SSSR count). The van der Waals surface area contributed by atoms with Gasteiger partial charge in [-0.2, -0.15) is 0 Å². The first-order valence-electron chi connectivity index (χ1n) is 7.64. The normalized spacial score (nSPS) is 30.9. The standard InChI is InChI=1S/C17H26N2/c1-17(2)10-5-11-19(12-17)15-9-8-13-6-3-4-7-14(13)16(15)18/h3-4,6-7,15-16H,5,8-12,18H2,1-2H3. The maximum absolute atomic E-state index is 6.57. The highest BCUT2D eigenvalue weighted by atomic mass is 15.2. The first kappa shape index (κ1) is 13.1. The van der Waals surface area contributed by atoms with Gasteiger partial charge in [0.05, 0.1) is 0 Å². The number of nitrogens with two attached hydrogens (primary N) is 1. The van der Waals surface area contributed by atoms with Gasteiger partial charge >= 0.3 is 0 Å². The number of benzene rings is 1. The van der Waals surface area contributed by atoms with E-state index in [4.69, 9.17) is 5.73 Å². The third-order valence-electron chi connectivity index (χ3n) is 4.94. The molecule has 2 heteroatoms. The van der Waals surface area contributed by atoms with Gasteiger partial charge in [-0.1, -0.05) is 38.1 Å². The topological polar surface area (TPSA) is 29.3 Å². The molecule has 2 unspecified atom stereocenters. The first-order valence-corrected chi connectivity index (χ1v) is 7.64. The Morgan fingerprint density at radius 1 is 1.26 bits per heavy atom. The molecule has 0 radical (unpaired) electrons. The Labute approximate surface area is 117 Å². The minimum Gasteiger partial charge on any atom is -0.323 e. The third kappa shape index (κ3) is 2.56. The Kier molecular flexibility index (Phi) is 3.40. The number of rotatable bonds is 1. The van der Waals surface area contributed by atoms with Crippen molar-refractivity contribution in [2.45, 2.75) is 51.6 Å². The fourth-order valence-corrected chi connectivity index (χ4v) is 3.94. The van der Waals surface area contributed by atoms with Crippen LogP contribution in [0.1, 0.15) is 50.3 Å². The van der Waals surface area contributed by atoms with Gasteiger partial charge in [0.25, 0.3) is 0 Å². The number of fused-ring (bicyclic) bond motifs is 1. The quantitative estimate of drug-likeness (QED) is 0.838. The van der Waals surface area contributed by atoms with Crippen LogP contribution in [0.5, 0.6) is 0 Å². The summed E-state index contributed by atoms with van der Waals surface area (Å²) in [6, 6.07) is 9.46. The summed E-state index contributed by atoms with van der Waals surface area (Å²) in [5.41, 5.74) is 9.86. The lowest BCUT2D eigenvalue weighted by Gasteiger charge is -2.46. The molecule has 0 amide bonds. The van der Waals surface area contributed by atoms with Crippen molar-refractivity contribution in [3.05, 3.63) is 35.4 Å². The molecule has 1 aromatic rings. The summed E-state index contributed by atoms with van der Waals surface area (Å²) >= 11 is 0. The summed E-state index contributed by atoms with van der Waals surface area (Å²) in [5.74, 6) is 0. The van der Waals surface area contributed by atoms with Crippen LogP contribution in [0.3, 0.4) is 0 Å². The van der Waals surface area contributed by atoms with Gasteiger partial charge in [-0.3, -0.25) is 4.90 Å². The van der Waals surface area contributed by atoms with Gasteiger partial charge in [0.1, 0.15) is 0 Å². The van der Waals surface area contributed by atoms with E-state index in [2.05, 4.69) is 43.0 Å². The lowest BCUT2D eigenvalue weighted by molar-refractivity contribution is 0.0598. The van der Waals surface area contributed by atoms with Crippen LogP contribution in [0, 0.1) is 5.41 Å². The molecule has 1 saturated heterocycles. The van der Waals surface area contributed by atoms with Gasteiger partial charge in [-0.15, -0.1) is 0 Å². The summed E-state index contributed by atoms with van der Waals surface area (Å²) in [5, 5.41) is 0. The number of hydrogen-bond donors (Lipinski definition) is 1. The van der Waals surface area contributed by atoms with E-state index in [-0.39, 0.29) is 6.04 Å². The maximum atomic E-state index is 6.57. The molecule has 1 aliphatic carbocycles. The molecule has 0 spiro atoms. The fraction of sp³-hybridized carbons (Fsp3) is 0.647. The molecule has 0 bridgehead atoms. The van der Waals surface area contributed by atoms with Crippen LogP contribution < -0.4 is 5.73 Å². The van der Waals surface area contributed by atoms with Crippen molar-refractivity contribution in [3.8, 4) is 0 Å². The second kappa shape index (κ2) is 4.92. The van der Waals surface area contributed by atoms with Gasteiger partial charge in [-0.05, 0) is 48.8 Å². The average molecular weight is 258 g/mol. The molecular weight excluding hydrogens is 232 g/mol. The molecule has 0 aromatic heterocycles. The van der Waals surface area contributed by atoms with Crippen molar-refractivity contribution in [2.24, 2.45) is 11.1 Å². The highest BCUT2D eigenvalue weighted by molar-refractivity contribution is 5.33. The zero-order valence-corrected chi connectivity index (χ0v) is 12.2. The Morgan fingerprint density at radius 3 is 2.84 bits per heavy atom. The van der Waals surface area contributed by atoms with E-state index in [1.807, 2.05) is 0 Å². The Hall–Kier alpha value is -0.860. The van der Waals surface area contributed by atoms with E-state index in [1.54, 1.807) is 0 Å². The summed E-state index contributed by atoms with van der Waals surface area (Å²) < 4.78 is 0. The smallest absolute Gasteiger partial charge is 0.0455 e. The summed E-state index contributed by atoms with van der Waals surface area (Å²) in [4.78, 5) is 2.66. The minimum atomic E-state index is 0.193. The molecule has 1 fully saturated rings. The minimum absolute atomic E-state index is 0.193. The molecule has 2 atom stereocenters. The Morgan fingerprint density at radius 2 is 2.05 bits per heavy atom. The molecule has 1 heterocycles. The highest BCUT2D eigenvalue weighted by Gasteiger charge is 2.35. The molecule has 1 aromatic carbocycles. The number of piperidine rings is 1. The Balaban J connectivity index is 1.80. The van der Waals surface area contributed by atoms with Crippen LogP contribution >= 0.6 is 0 Å². The van der Waals surface area contributed by atoms with Crippen molar-refractivity contribution in [2.75, 3.05) is 13.1 Å². The maximum Gasteiger partial charge on any atom is 0.0455 e. The van der Waals surface area contributed by atoms with E-state index < -0.39 is 0 Å². The molecule has 0 saturated carbocycles. The lowest BCUT2D eigenvalue weighted by atomic mass is 9.79. The zero-order valence-electron chi connectivity index (χ0n) is 12.2. The van der Waals surface area contributed by atoms with Crippen LogP contribution in [-0.4, -0.2) is 24.0 Å². The van der Waals surface area contributed by atoms with Gasteiger partial charge in [0.2, 0.25) is 0 Å². The zero-order chi connectivity index (χ0) is 13.5. The average Bonchev–Trinajstić information content (AvgIpc) is 2.38. The Bertz CT molecular complexity index is 452. The van der Waals surface area contributed by atoms with Crippen LogP contribution in [0.4, 0.5) is 0 Å². The van der Waals surface area contributed by atoms with Crippen LogP contribution in [-0.2, 0) is 6.42 Å². The molecular formula is C17H26N2. The summed E-state index contributed by atoms with van der Waals surface area (Å²) in [6.45, 7) is 7.21. The van der Waals surface area contributed by atoms with E-state index >= 15 is 0 Å². The van der Waals surface area contributed by atoms with E-state index in [0.29, 0.717) is 11.5 Å². The van der Waals surface area contributed by atoms with Crippen LogP contribution in [0.15, 0.2) is 24.3 Å². The van der Waals surface area contributed by atoms with Crippen molar-refractivity contribution >= 4 is 0 Å². The fourth-order valence-electron chi connectivity index (χ4n) is 3.94. The van der Waals surface area contributed by atoms with E-state index in [0.717, 1.165) is 0 Å². The van der Waals surface area contributed by atoms with Crippen LogP contribution in [0.25, 0.3) is 0 Å². The summed E-state index contributed by atoms with van der Waals surface area (Å²) in [7, 11) is 0. The van der Waals surface area contributed by atoms with Gasteiger partial charge in [-0.25, -0.2) is 0 Å². The summed E-state index contributed by atoms with van der Waals surface area (Å²) in [6.07, 6.45) is 5.07.